The minimum absolute atomic E-state index is 0.223. The summed E-state index contributed by atoms with van der Waals surface area (Å²) in [5.41, 5.74) is 2.57. The van der Waals surface area contributed by atoms with Crippen LogP contribution in [-0.4, -0.2) is 19.7 Å². The minimum Gasteiger partial charge on any atom is -0.270 e. The van der Waals surface area contributed by atoms with Gasteiger partial charge in [-0.2, -0.15) is 5.26 Å². The van der Waals surface area contributed by atoms with Gasteiger partial charge >= 0.3 is 5.69 Å². The van der Waals surface area contributed by atoms with Gasteiger partial charge in [0.1, 0.15) is 11.1 Å². The van der Waals surface area contributed by atoms with Crippen LogP contribution in [0.4, 0.5) is 0 Å². The second-order valence-electron chi connectivity index (χ2n) is 4.98. The van der Waals surface area contributed by atoms with E-state index in [9.17, 15) is 10.1 Å². The lowest BCUT2D eigenvalue weighted by molar-refractivity contribution is 0.603. The summed E-state index contributed by atoms with van der Waals surface area (Å²) < 4.78 is 1.58. The van der Waals surface area contributed by atoms with E-state index in [0.717, 1.165) is 31.4 Å². The molecule has 1 aliphatic rings. The number of aromatic amines is 1. The first kappa shape index (κ1) is 13.9. The number of aromatic nitrogens is 4. The Morgan fingerprint density at radius 2 is 2.38 bits per heavy atom. The Morgan fingerprint density at radius 1 is 1.52 bits per heavy atom. The SMILES string of the molecule is CCCn1c(Sc2nc3c(cc2C#N)CCC3)n[nH]c1=O. The molecule has 1 N–H and O–H groups in total. The Bertz CT molecular complexity index is 771. The van der Waals surface area contributed by atoms with Crippen LogP contribution in [0.1, 0.15) is 36.6 Å². The van der Waals surface area contributed by atoms with Crippen molar-refractivity contribution < 1.29 is 0 Å². The maximum atomic E-state index is 11.7. The zero-order valence-corrected chi connectivity index (χ0v) is 12.5. The van der Waals surface area contributed by atoms with Gasteiger partial charge in [-0.3, -0.25) is 4.57 Å². The summed E-state index contributed by atoms with van der Waals surface area (Å²) in [5.74, 6) is 0. The summed E-state index contributed by atoms with van der Waals surface area (Å²) in [4.78, 5) is 16.3. The fourth-order valence-electron chi connectivity index (χ4n) is 2.50. The van der Waals surface area contributed by atoms with Crippen LogP contribution in [0, 0.1) is 11.3 Å². The zero-order valence-electron chi connectivity index (χ0n) is 11.7. The van der Waals surface area contributed by atoms with Crippen molar-refractivity contribution >= 4 is 11.8 Å². The summed E-state index contributed by atoms with van der Waals surface area (Å²) in [5, 5.41) is 17.0. The van der Waals surface area contributed by atoms with E-state index >= 15 is 0 Å². The Labute approximate surface area is 126 Å². The van der Waals surface area contributed by atoms with E-state index in [0.29, 0.717) is 22.3 Å². The van der Waals surface area contributed by atoms with E-state index < -0.39 is 0 Å². The van der Waals surface area contributed by atoms with Crippen molar-refractivity contribution in [2.75, 3.05) is 0 Å². The van der Waals surface area contributed by atoms with Gasteiger partial charge in [0, 0.05) is 12.2 Å². The van der Waals surface area contributed by atoms with Crippen molar-refractivity contribution in [2.24, 2.45) is 0 Å². The summed E-state index contributed by atoms with van der Waals surface area (Å²) >= 11 is 1.28. The van der Waals surface area contributed by atoms with Gasteiger partial charge in [0.25, 0.3) is 0 Å². The van der Waals surface area contributed by atoms with E-state index in [2.05, 4.69) is 21.3 Å². The van der Waals surface area contributed by atoms with E-state index in [4.69, 9.17) is 0 Å². The maximum Gasteiger partial charge on any atom is 0.343 e. The van der Waals surface area contributed by atoms with Crippen molar-refractivity contribution in [1.82, 2.24) is 19.7 Å². The van der Waals surface area contributed by atoms with Crippen molar-refractivity contribution in [3.05, 3.63) is 33.4 Å². The molecule has 0 bridgehead atoms. The van der Waals surface area contributed by atoms with E-state index in [1.54, 1.807) is 4.57 Å². The predicted molar refractivity (Wildman–Crippen MR) is 78.2 cm³/mol. The largest absolute Gasteiger partial charge is 0.343 e. The van der Waals surface area contributed by atoms with Crippen molar-refractivity contribution in [3.8, 4) is 6.07 Å². The normalized spacial score (nSPS) is 13.1. The molecule has 0 spiro atoms. The standard InChI is InChI=1S/C14H15N5OS/c1-2-6-19-13(20)17-18-14(19)21-12-10(8-15)7-9-4-3-5-11(9)16-12/h7H,2-6H2,1H3,(H,17,20). The van der Waals surface area contributed by atoms with Crippen LogP contribution in [-0.2, 0) is 19.4 Å². The Kier molecular flexibility index (Phi) is 3.80. The Morgan fingerprint density at radius 3 is 3.14 bits per heavy atom. The summed E-state index contributed by atoms with van der Waals surface area (Å²) in [7, 11) is 0. The molecule has 3 rings (SSSR count). The molecule has 0 aromatic carbocycles. The van der Waals surface area contributed by atoms with Gasteiger partial charge in [-0.15, -0.1) is 5.10 Å². The van der Waals surface area contributed by atoms with Crippen LogP contribution >= 0.6 is 11.8 Å². The summed E-state index contributed by atoms with van der Waals surface area (Å²) in [6, 6.07) is 4.12. The fourth-order valence-corrected chi connectivity index (χ4v) is 3.42. The molecule has 0 unspecified atom stereocenters. The van der Waals surface area contributed by atoms with E-state index in [-0.39, 0.29) is 5.69 Å². The smallest absolute Gasteiger partial charge is 0.270 e. The van der Waals surface area contributed by atoms with Crippen LogP contribution in [0.5, 0.6) is 0 Å². The lowest BCUT2D eigenvalue weighted by Crippen LogP contribution is -2.17. The second-order valence-corrected chi connectivity index (χ2v) is 5.93. The molecule has 0 fully saturated rings. The van der Waals surface area contributed by atoms with Crippen LogP contribution < -0.4 is 5.69 Å². The Balaban J connectivity index is 1.99. The van der Waals surface area contributed by atoms with Gasteiger partial charge in [-0.25, -0.2) is 14.9 Å². The van der Waals surface area contributed by atoms with Gasteiger partial charge in [-0.05, 0) is 49.1 Å². The monoisotopic (exact) mass is 301 g/mol. The number of nitrogens with zero attached hydrogens (tertiary/aromatic N) is 4. The molecule has 0 saturated heterocycles. The lowest BCUT2D eigenvalue weighted by atomic mass is 10.2. The molecule has 7 heteroatoms. The summed E-state index contributed by atoms with van der Waals surface area (Å²) in [6.45, 7) is 2.60. The molecule has 0 radical (unpaired) electrons. The molecule has 0 amide bonds. The Hall–Kier alpha value is -2.07. The number of nitrogens with one attached hydrogen (secondary N) is 1. The fraction of sp³-hybridized carbons (Fsp3) is 0.429. The van der Waals surface area contributed by atoms with Crippen molar-refractivity contribution in [1.29, 1.82) is 5.26 Å². The van der Waals surface area contributed by atoms with E-state index in [1.807, 2.05) is 13.0 Å². The highest BCUT2D eigenvalue weighted by Crippen LogP contribution is 2.31. The third kappa shape index (κ3) is 2.59. The molecular formula is C14H15N5OS. The molecule has 6 nitrogen and oxygen atoms in total. The quantitative estimate of drug-likeness (QED) is 0.931. The summed E-state index contributed by atoms with van der Waals surface area (Å²) in [6.07, 6.45) is 3.88. The van der Waals surface area contributed by atoms with Gasteiger partial charge in [0.15, 0.2) is 5.16 Å². The molecule has 2 aromatic rings. The van der Waals surface area contributed by atoms with Gasteiger partial charge in [0.2, 0.25) is 0 Å². The number of fused-ring (bicyclic) bond motifs is 1. The van der Waals surface area contributed by atoms with Crippen LogP contribution in [0.25, 0.3) is 0 Å². The molecule has 0 aliphatic heterocycles. The molecule has 108 valence electrons. The lowest BCUT2D eigenvalue weighted by Gasteiger charge is -2.07. The highest BCUT2D eigenvalue weighted by atomic mass is 32.2. The molecule has 2 heterocycles. The first-order chi connectivity index (χ1) is 10.2. The number of pyridine rings is 1. The number of aryl methyl sites for hydroxylation is 2. The highest BCUT2D eigenvalue weighted by molar-refractivity contribution is 7.99. The molecule has 21 heavy (non-hydrogen) atoms. The van der Waals surface area contributed by atoms with Crippen molar-refractivity contribution in [2.45, 2.75) is 49.3 Å². The molecule has 0 atom stereocenters. The maximum absolute atomic E-state index is 11.7. The third-order valence-corrected chi connectivity index (χ3v) is 4.49. The van der Waals surface area contributed by atoms with Gasteiger partial charge < -0.3 is 0 Å². The first-order valence-corrected chi connectivity index (χ1v) is 7.80. The van der Waals surface area contributed by atoms with Crippen molar-refractivity contribution in [3.63, 3.8) is 0 Å². The third-order valence-electron chi connectivity index (χ3n) is 3.49. The van der Waals surface area contributed by atoms with Gasteiger partial charge in [-0.1, -0.05) is 6.92 Å². The minimum atomic E-state index is -0.223. The van der Waals surface area contributed by atoms with Crippen LogP contribution in [0.3, 0.4) is 0 Å². The van der Waals surface area contributed by atoms with Crippen LogP contribution in [0.15, 0.2) is 21.0 Å². The van der Waals surface area contributed by atoms with Crippen LogP contribution in [0.2, 0.25) is 0 Å². The highest BCUT2D eigenvalue weighted by Gasteiger charge is 2.19. The van der Waals surface area contributed by atoms with Gasteiger partial charge in [0.05, 0.1) is 5.56 Å². The van der Waals surface area contributed by atoms with E-state index in [1.165, 1.54) is 17.3 Å². The number of hydrogen-bond donors (Lipinski definition) is 1. The zero-order chi connectivity index (χ0) is 14.8. The number of hydrogen-bond acceptors (Lipinski definition) is 5. The topological polar surface area (TPSA) is 87.4 Å². The second kappa shape index (κ2) is 5.74. The molecule has 2 aromatic heterocycles. The number of H-pyrrole nitrogens is 1. The molecule has 0 saturated carbocycles. The number of nitriles is 1. The first-order valence-electron chi connectivity index (χ1n) is 6.99. The average Bonchev–Trinajstić information content (AvgIpc) is 3.07. The number of rotatable bonds is 4. The molecule has 1 aliphatic carbocycles. The average molecular weight is 301 g/mol. The molecular weight excluding hydrogens is 286 g/mol. The predicted octanol–water partition coefficient (Wildman–Crippen LogP) is 1.89.